The number of nitrogens with zero attached hydrogens (tertiary/aromatic N) is 3. The normalized spacial score (nSPS) is 14.5. The van der Waals surface area contributed by atoms with E-state index in [9.17, 15) is 9.59 Å². The topological polar surface area (TPSA) is 71.3 Å². The molecule has 2 rings (SSSR count). The third kappa shape index (κ3) is 4.61. The van der Waals surface area contributed by atoms with Gasteiger partial charge in [-0.25, -0.2) is 0 Å². The van der Waals surface area contributed by atoms with Crippen LogP contribution in [0, 0.1) is 13.8 Å². The Labute approximate surface area is 136 Å². The number of Topliss-reactive ketones (excluding diaryl/α,β-unsaturated/α-hetero) is 1. The SMILES string of the molecule is CCOC(=O)CC(=O)c1cc(C)cc(C)c1N=NN1CCCC1. The van der Waals surface area contributed by atoms with Crippen LogP contribution in [0.5, 0.6) is 0 Å². The first-order chi connectivity index (χ1) is 11.0. The van der Waals surface area contributed by atoms with Gasteiger partial charge in [-0.1, -0.05) is 11.3 Å². The number of hydrogen-bond acceptors (Lipinski definition) is 5. The Morgan fingerprint density at radius 1 is 1.22 bits per heavy atom. The van der Waals surface area contributed by atoms with Gasteiger partial charge in [-0.2, -0.15) is 0 Å². The number of benzene rings is 1. The summed E-state index contributed by atoms with van der Waals surface area (Å²) < 4.78 is 4.85. The molecule has 0 amide bonds. The summed E-state index contributed by atoms with van der Waals surface area (Å²) in [6.45, 7) is 7.57. The quantitative estimate of drug-likeness (QED) is 0.348. The van der Waals surface area contributed by atoms with Gasteiger partial charge in [-0.15, -0.1) is 5.11 Å². The Hall–Kier alpha value is -2.24. The number of ketones is 1. The van der Waals surface area contributed by atoms with Crippen LogP contribution in [0.1, 0.15) is 47.7 Å². The van der Waals surface area contributed by atoms with Crippen LogP contribution in [0.4, 0.5) is 5.69 Å². The molecule has 0 saturated carbocycles. The van der Waals surface area contributed by atoms with Crippen LogP contribution in [0.25, 0.3) is 0 Å². The third-order valence-corrected chi connectivity index (χ3v) is 3.71. The number of carbonyl (C=O) groups is 2. The molecular formula is C17H23N3O3. The number of esters is 1. The average molecular weight is 317 g/mol. The van der Waals surface area contributed by atoms with Crippen molar-refractivity contribution in [1.29, 1.82) is 0 Å². The second-order valence-corrected chi connectivity index (χ2v) is 5.73. The number of rotatable bonds is 6. The van der Waals surface area contributed by atoms with Crippen LogP contribution in [0.15, 0.2) is 22.5 Å². The van der Waals surface area contributed by atoms with E-state index >= 15 is 0 Å². The van der Waals surface area contributed by atoms with E-state index in [1.165, 1.54) is 0 Å². The van der Waals surface area contributed by atoms with Gasteiger partial charge in [0.05, 0.1) is 6.61 Å². The van der Waals surface area contributed by atoms with Crippen LogP contribution >= 0.6 is 0 Å². The highest BCUT2D eigenvalue weighted by Crippen LogP contribution is 2.28. The molecule has 0 radical (unpaired) electrons. The van der Waals surface area contributed by atoms with Crippen molar-refractivity contribution < 1.29 is 14.3 Å². The van der Waals surface area contributed by atoms with Crippen LogP contribution in [0.3, 0.4) is 0 Å². The lowest BCUT2D eigenvalue weighted by Crippen LogP contribution is -2.12. The predicted octanol–water partition coefficient (Wildman–Crippen LogP) is 3.53. The van der Waals surface area contributed by atoms with Crippen molar-refractivity contribution in [2.24, 2.45) is 10.3 Å². The minimum absolute atomic E-state index is 0.264. The highest BCUT2D eigenvalue weighted by Gasteiger charge is 2.19. The zero-order valence-corrected chi connectivity index (χ0v) is 14.0. The lowest BCUT2D eigenvalue weighted by atomic mass is 10.00. The van der Waals surface area contributed by atoms with Crippen LogP contribution < -0.4 is 0 Å². The maximum Gasteiger partial charge on any atom is 0.313 e. The molecule has 1 saturated heterocycles. The smallest absolute Gasteiger partial charge is 0.313 e. The Balaban J connectivity index is 2.26. The van der Waals surface area contributed by atoms with Crippen molar-refractivity contribution in [3.8, 4) is 0 Å². The summed E-state index contributed by atoms with van der Waals surface area (Å²) in [5, 5.41) is 10.4. The molecule has 1 heterocycles. The summed E-state index contributed by atoms with van der Waals surface area (Å²) in [4.78, 5) is 24.0. The Bertz CT molecular complexity index is 620. The number of aryl methyl sites for hydroxylation is 2. The molecular weight excluding hydrogens is 294 g/mol. The molecule has 0 bridgehead atoms. The number of ether oxygens (including phenoxy) is 1. The van der Waals surface area contributed by atoms with Crippen molar-refractivity contribution in [2.45, 2.75) is 40.0 Å². The average Bonchev–Trinajstić information content (AvgIpc) is 2.99. The molecule has 23 heavy (non-hydrogen) atoms. The lowest BCUT2D eigenvalue weighted by molar-refractivity contribution is -0.141. The van der Waals surface area contributed by atoms with Gasteiger partial charge in [0.25, 0.3) is 0 Å². The highest BCUT2D eigenvalue weighted by molar-refractivity contribution is 6.09. The Morgan fingerprint density at radius 3 is 2.57 bits per heavy atom. The molecule has 1 fully saturated rings. The van der Waals surface area contributed by atoms with Gasteiger partial charge in [0.2, 0.25) is 0 Å². The predicted molar refractivity (Wildman–Crippen MR) is 86.8 cm³/mol. The molecule has 124 valence electrons. The second kappa shape index (κ2) is 7.85. The minimum Gasteiger partial charge on any atom is -0.466 e. The van der Waals surface area contributed by atoms with E-state index in [1.54, 1.807) is 13.0 Å². The maximum absolute atomic E-state index is 12.4. The molecule has 1 aromatic carbocycles. The van der Waals surface area contributed by atoms with Crippen LogP contribution in [-0.2, 0) is 9.53 Å². The molecule has 0 aliphatic carbocycles. The van der Waals surface area contributed by atoms with E-state index in [-0.39, 0.29) is 18.8 Å². The number of hydrogen-bond donors (Lipinski definition) is 0. The fourth-order valence-electron chi connectivity index (χ4n) is 2.64. The highest BCUT2D eigenvalue weighted by atomic mass is 16.5. The van der Waals surface area contributed by atoms with Crippen molar-refractivity contribution in [3.63, 3.8) is 0 Å². The fourth-order valence-corrected chi connectivity index (χ4v) is 2.64. The molecule has 0 aromatic heterocycles. The summed E-state index contributed by atoms with van der Waals surface area (Å²) in [5.74, 6) is -0.801. The first kappa shape index (κ1) is 17.1. The molecule has 1 aromatic rings. The summed E-state index contributed by atoms with van der Waals surface area (Å²) in [7, 11) is 0. The van der Waals surface area contributed by atoms with Crippen molar-refractivity contribution in [3.05, 3.63) is 28.8 Å². The summed E-state index contributed by atoms with van der Waals surface area (Å²) >= 11 is 0. The van der Waals surface area contributed by atoms with E-state index in [2.05, 4.69) is 10.3 Å². The molecule has 0 spiro atoms. The van der Waals surface area contributed by atoms with E-state index in [4.69, 9.17) is 4.74 Å². The third-order valence-electron chi connectivity index (χ3n) is 3.71. The summed E-state index contributed by atoms with van der Waals surface area (Å²) in [6.07, 6.45) is 1.95. The van der Waals surface area contributed by atoms with Gasteiger partial charge in [0, 0.05) is 18.7 Å². The van der Waals surface area contributed by atoms with Crippen LogP contribution in [0.2, 0.25) is 0 Å². The monoisotopic (exact) mass is 317 g/mol. The zero-order chi connectivity index (χ0) is 16.8. The van der Waals surface area contributed by atoms with Crippen molar-refractivity contribution in [2.75, 3.05) is 19.7 Å². The lowest BCUT2D eigenvalue weighted by Gasteiger charge is -2.11. The molecule has 0 atom stereocenters. The first-order valence-corrected chi connectivity index (χ1v) is 7.98. The number of carbonyl (C=O) groups excluding carboxylic acids is 2. The van der Waals surface area contributed by atoms with Gasteiger partial charge in [0.1, 0.15) is 12.1 Å². The maximum atomic E-state index is 12.4. The van der Waals surface area contributed by atoms with Gasteiger partial charge >= 0.3 is 5.97 Å². The van der Waals surface area contributed by atoms with E-state index in [0.717, 1.165) is 37.1 Å². The summed E-state index contributed by atoms with van der Waals surface area (Å²) in [5.41, 5.74) is 2.80. The first-order valence-electron chi connectivity index (χ1n) is 7.98. The zero-order valence-electron chi connectivity index (χ0n) is 14.0. The van der Waals surface area contributed by atoms with Gasteiger partial charge in [-0.3, -0.25) is 14.6 Å². The molecule has 0 N–H and O–H groups in total. The molecule has 1 aliphatic rings. The fraction of sp³-hybridized carbons (Fsp3) is 0.529. The Kier molecular flexibility index (Phi) is 5.84. The van der Waals surface area contributed by atoms with E-state index < -0.39 is 5.97 Å². The summed E-state index contributed by atoms with van der Waals surface area (Å²) in [6, 6.07) is 3.71. The Morgan fingerprint density at radius 2 is 1.91 bits per heavy atom. The van der Waals surface area contributed by atoms with Crippen molar-refractivity contribution in [1.82, 2.24) is 5.01 Å². The van der Waals surface area contributed by atoms with Gasteiger partial charge in [-0.05, 0) is 50.8 Å². The van der Waals surface area contributed by atoms with Crippen LogP contribution in [-0.4, -0.2) is 36.5 Å². The molecule has 6 nitrogen and oxygen atoms in total. The van der Waals surface area contributed by atoms with Gasteiger partial charge < -0.3 is 4.74 Å². The largest absolute Gasteiger partial charge is 0.466 e. The van der Waals surface area contributed by atoms with Crippen molar-refractivity contribution >= 4 is 17.4 Å². The van der Waals surface area contributed by atoms with Gasteiger partial charge in [0.15, 0.2) is 5.78 Å². The molecule has 1 aliphatic heterocycles. The second-order valence-electron chi connectivity index (χ2n) is 5.73. The van der Waals surface area contributed by atoms with E-state index in [1.807, 2.05) is 24.9 Å². The minimum atomic E-state index is -0.515. The molecule has 0 unspecified atom stereocenters. The van der Waals surface area contributed by atoms with E-state index in [0.29, 0.717) is 11.3 Å². The standard InChI is InChI=1S/C17H23N3O3/c1-4-23-16(22)11-15(21)14-10-12(2)9-13(3)17(14)18-19-20-7-5-6-8-20/h9-10H,4-8,11H2,1-3H3. The molecule has 6 heteroatoms.